The first-order valence-electron chi connectivity index (χ1n) is 4.98. The van der Waals surface area contributed by atoms with Crippen LogP contribution in [0.4, 0.5) is 4.39 Å². The van der Waals surface area contributed by atoms with Gasteiger partial charge in [-0.15, -0.1) is 0 Å². The molecule has 0 aliphatic heterocycles. The molecule has 0 aromatic carbocycles. The van der Waals surface area contributed by atoms with Crippen LogP contribution in [-0.2, 0) is 4.74 Å². The average molecular weight is 191 g/mol. The molecule has 0 aromatic rings. The second-order valence-electron chi connectivity index (χ2n) is 3.69. The molecule has 0 saturated heterocycles. The highest BCUT2D eigenvalue weighted by Crippen LogP contribution is 2.14. The van der Waals surface area contributed by atoms with Crippen molar-refractivity contribution in [3.05, 3.63) is 0 Å². The van der Waals surface area contributed by atoms with Gasteiger partial charge in [0.15, 0.2) is 0 Å². The molecule has 0 fully saturated rings. The van der Waals surface area contributed by atoms with Gasteiger partial charge < -0.3 is 10.5 Å². The van der Waals surface area contributed by atoms with Crippen LogP contribution in [0, 0.1) is 5.92 Å². The van der Waals surface area contributed by atoms with Crippen LogP contribution in [0.5, 0.6) is 0 Å². The third-order valence-corrected chi connectivity index (χ3v) is 2.54. The molecule has 2 N–H and O–H groups in total. The van der Waals surface area contributed by atoms with Gasteiger partial charge in [0, 0.05) is 25.7 Å². The average Bonchev–Trinajstić information content (AvgIpc) is 2.10. The minimum absolute atomic E-state index is 0.0168. The molecule has 3 heteroatoms. The SMILES string of the molecule is COCCCCC(N)C(C)[C@H](C)F. The van der Waals surface area contributed by atoms with Crippen molar-refractivity contribution >= 4 is 0 Å². The molecule has 0 bridgehead atoms. The molecular formula is C10H22FNO. The molecule has 3 atom stereocenters. The molecule has 0 aliphatic rings. The predicted octanol–water partition coefficient (Wildman–Crippen LogP) is 2.12. The largest absolute Gasteiger partial charge is 0.385 e. The van der Waals surface area contributed by atoms with Gasteiger partial charge in [-0.1, -0.05) is 6.92 Å². The van der Waals surface area contributed by atoms with E-state index in [9.17, 15) is 4.39 Å². The van der Waals surface area contributed by atoms with Gasteiger partial charge in [-0.2, -0.15) is 0 Å². The Morgan fingerprint density at radius 2 is 1.92 bits per heavy atom. The first-order valence-corrected chi connectivity index (χ1v) is 4.98. The van der Waals surface area contributed by atoms with Gasteiger partial charge in [-0.05, 0) is 26.2 Å². The fourth-order valence-corrected chi connectivity index (χ4v) is 1.23. The van der Waals surface area contributed by atoms with Gasteiger partial charge in [0.2, 0.25) is 0 Å². The van der Waals surface area contributed by atoms with Crippen LogP contribution < -0.4 is 5.73 Å². The highest BCUT2D eigenvalue weighted by atomic mass is 19.1. The first-order chi connectivity index (χ1) is 6.09. The Morgan fingerprint density at radius 1 is 1.31 bits per heavy atom. The second-order valence-corrected chi connectivity index (χ2v) is 3.69. The summed E-state index contributed by atoms with van der Waals surface area (Å²) in [5.74, 6) is -0.0393. The van der Waals surface area contributed by atoms with E-state index in [1.54, 1.807) is 14.0 Å². The van der Waals surface area contributed by atoms with E-state index in [0.29, 0.717) is 0 Å². The second kappa shape index (κ2) is 7.27. The number of hydrogen-bond donors (Lipinski definition) is 1. The lowest BCUT2D eigenvalue weighted by molar-refractivity contribution is 0.186. The third-order valence-electron chi connectivity index (χ3n) is 2.54. The summed E-state index contributed by atoms with van der Waals surface area (Å²) in [7, 11) is 1.69. The summed E-state index contributed by atoms with van der Waals surface area (Å²) in [4.78, 5) is 0. The van der Waals surface area contributed by atoms with Gasteiger partial charge in [0.05, 0.1) is 0 Å². The van der Waals surface area contributed by atoms with Gasteiger partial charge in [-0.25, -0.2) is 4.39 Å². The zero-order valence-corrected chi connectivity index (χ0v) is 8.92. The molecule has 0 aromatic heterocycles. The summed E-state index contributed by atoms with van der Waals surface area (Å²) < 4.78 is 17.7. The van der Waals surface area contributed by atoms with Crippen LogP contribution in [0.1, 0.15) is 33.1 Å². The minimum atomic E-state index is -0.808. The van der Waals surface area contributed by atoms with Crippen LogP contribution in [0.3, 0.4) is 0 Å². The van der Waals surface area contributed by atoms with Crippen molar-refractivity contribution in [3.8, 4) is 0 Å². The Labute approximate surface area is 80.6 Å². The van der Waals surface area contributed by atoms with Crippen molar-refractivity contribution in [2.45, 2.75) is 45.3 Å². The maximum absolute atomic E-state index is 12.8. The Hall–Kier alpha value is -0.150. The van der Waals surface area contributed by atoms with Gasteiger partial charge in [0.1, 0.15) is 6.17 Å². The first kappa shape index (κ1) is 12.8. The fraction of sp³-hybridized carbons (Fsp3) is 1.00. The standard InChI is InChI=1S/C10H22FNO/c1-8(9(2)11)10(12)6-4-5-7-13-3/h8-10H,4-7,12H2,1-3H3/t8?,9-,10?/m0/s1. The van der Waals surface area contributed by atoms with E-state index in [4.69, 9.17) is 10.5 Å². The van der Waals surface area contributed by atoms with Crippen LogP contribution in [0.2, 0.25) is 0 Å². The normalized spacial score (nSPS) is 18.2. The van der Waals surface area contributed by atoms with Gasteiger partial charge in [0.25, 0.3) is 0 Å². The van der Waals surface area contributed by atoms with E-state index >= 15 is 0 Å². The molecular weight excluding hydrogens is 169 g/mol. The fourth-order valence-electron chi connectivity index (χ4n) is 1.23. The zero-order chi connectivity index (χ0) is 10.3. The lowest BCUT2D eigenvalue weighted by Gasteiger charge is -2.20. The quantitative estimate of drug-likeness (QED) is 0.626. The Bertz CT molecular complexity index is 119. The van der Waals surface area contributed by atoms with Crippen molar-refractivity contribution in [1.29, 1.82) is 0 Å². The van der Waals surface area contributed by atoms with Crippen LogP contribution >= 0.6 is 0 Å². The van der Waals surface area contributed by atoms with E-state index in [2.05, 4.69) is 0 Å². The van der Waals surface area contributed by atoms with Gasteiger partial charge in [-0.3, -0.25) is 0 Å². The molecule has 0 amide bonds. The van der Waals surface area contributed by atoms with E-state index in [0.717, 1.165) is 25.9 Å². The third kappa shape index (κ3) is 5.99. The van der Waals surface area contributed by atoms with E-state index in [1.807, 2.05) is 6.92 Å². The minimum Gasteiger partial charge on any atom is -0.385 e. The number of rotatable bonds is 7. The van der Waals surface area contributed by atoms with Crippen LogP contribution in [-0.4, -0.2) is 25.9 Å². The number of nitrogens with two attached hydrogens (primary N) is 1. The zero-order valence-electron chi connectivity index (χ0n) is 8.92. The highest BCUT2D eigenvalue weighted by Gasteiger charge is 2.18. The molecule has 0 rings (SSSR count). The Morgan fingerprint density at radius 3 is 2.38 bits per heavy atom. The van der Waals surface area contributed by atoms with E-state index in [1.165, 1.54) is 0 Å². The topological polar surface area (TPSA) is 35.2 Å². The smallest absolute Gasteiger partial charge is 0.101 e. The van der Waals surface area contributed by atoms with Gasteiger partial charge >= 0.3 is 0 Å². The molecule has 0 heterocycles. The van der Waals surface area contributed by atoms with Crippen molar-refractivity contribution in [3.63, 3.8) is 0 Å². The maximum Gasteiger partial charge on any atom is 0.101 e. The summed E-state index contributed by atoms with van der Waals surface area (Å²) in [5, 5.41) is 0. The summed E-state index contributed by atoms with van der Waals surface area (Å²) in [6, 6.07) is -0.0168. The van der Waals surface area contributed by atoms with Crippen molar-refractivity contribution < 1.29 is 9.13 Å². The Kier molecular flexibility index (Phi) is 7.19. The molecule has 0 saturated carbocycles. The number of methoxy groups -OCH3 is 1. The van der Waals surface area contributed by atoms with Crippen molar-refractivity contribution in [2.24, 2.45) is 11.7 Å². The lowest BCUT2D eigenvalue weighted by atomic mass is 9.94. The molecule has 80 valence electrons. The summed E-state index contributed by atoms with van der Waals surface area (Å²) >= 11 is 0. The van der Waals surface area contributed by atoms with E-state index in [-0.39, 0.29) is 12.0 Å². The summed E-state index contributed by atoms with van der Waals surface area (Å²) in [6.45, 7) is 4.21. The number of unbranched alkanes of at least 4 members (excludes halogenated alkanes) is 1. The molecule has 2 nitrogen and oxygen atoms in total. The summed E-state index contributed by atoms with van der Waals surface area (Å²) in [6.07, 6.45) is 2.11. The number of hydrogen-bond acceptors (Lipinski definition) is 2. The van der Waals surface area contributed by atoms with E-state index < -0.39 is 6.17 Å². The molecule has 2 unspecified atom stereocenters. The van der Waals surface area contributed by atoms with Crippen LogP contribution in [0.15, 0.2) is 0 Å². The molecule has 0 spiro atoms. The highest BCUT2D eigenvalue weighted by molar-refractivity contribution is 4.73. The van der Waals surface area contributed by atoms with Crippen molar-refractivity contribution in [1.82, 2.24) is 0 Å². The molecule has 13 heavy (non-hydrogen) atoms. The maximum atomic E-state index is 12.8. The van der Waals surface area contributed by atoms with Crippen LogP contribution in [0.25, 0.3) is 0 Å². The summed E-state index contributed by atoms with van der Waals surface area (Å²) in [5.41, 5.74) is 5.82. The number of ether oxygens (including phenoxy) is 1. The Balaban J connectivity index is 3.44. The number of halogens is 1. The monoisotopic (exact) mass is 191 g/mol. The molecule has 0 radical (unpaired) electrons. The number of alkyl halides is 1. The molecule has 0 aliphatic carbocycles. The van der Waals surface area contributed by atoms with Crippen molar-refractivity contribution in [2.75, 3.05) is 13.7 Å². The predicted molar refractivity (Wildman–Crippen MR) is 53.4 cm³/mol. The lowest BCUT2D eigenvalue weighted by Crippen LogP contribution is -2.33.